The monoisotopic (exact) mass is 469 g/mol. The summed E-state index contributed by atoms with van der Waals surface area (Å²) < 4.78 is 17.6. The standard InChI is InChI=1S/C24H24BrNO4/c1-4-29-22-13-18(24(27)26-19-6-5-7-20(14-19)28-3)12-21(25)23(22)30-15-17-10-8-16(2)9-11-17/h5-14H,4,15H2,1-3H3,(H,26,27). The lowest BCUT2D eigenvalue weighted by Crippen LogP contribution is -2.13. The Balaban J connectivity index is 1.80. The number of rotatable bonds is 8. The Morgan fingerprint density at radius 2 is 1.80 bits per heavy atom. The molecule has 0 fully saturated rings. The zero-order valence-corrected chi connectivity index (χ0v) is 18.8. The van der Waals surface area contributed by atoms with Crippen LogP contribution in [-0.2, 0) is 6.61 Å². The molecule has 0 saturated heterocycles. The first-order valence-electron chi connectivity index (χ1n) is 9.60. The smallest absolute Gasteiger partial charge is 0.255 e. The number of hydrogen-bond donors (Lipinski definition) is 1. The highest BCUT2D eigenvalue weighted by molar-refractivity contribution is 9.10. The van der Waals surface area contributed by atoms with E-state index in [-0.39, 0.29) is 5.91 Å². The third-order valence-corrected chi connectivity index (χ3v) is 4.99. The van der Waals surface area contributed by atoms with Crippen LogP contribution in [0.15, 0.2) is 65.1 Å². The van der Waals surface area contributed by atoms with E-state index in [0.717, 1.165) is 5.56 Å². The number of hydrogen-bond acceptors (Lipinski definition) is 4. The van der Waals surface area contributed by atoms with E-state index in [9.17, 15) is 4.79 Å². The fourth-order valence-corrected chi connectivity index (χ4v) is 3.40. The van der Waals surface area contributed by atoms with Crippen molar-refractivity contribution >= 4 is 27.5 Å². The molecule has 0 unspecified atom stereocenters. The van der Waals surface area contributed by atoms with E-state index in [0.29, 0.717) is 46.2 Å². The summed E-state index contributed by atoms with van der Waals surface area (Å²) in [6, 6.07) is 18.8. The summed E-state index contributed by atoms with van der Waals surface area (Å²) in [5, 5.41) is 2.88. The molecule has 0 aliphatic rings. The van der Waals surface area contributed by atoms with Crippen molar-refractivity contribution in [3.8, 4) is 17.2 Å². The van der Waals surface area contributed by atoms with E-state index in [1.165, 1.54) is 5.56 Å². The molecule has 1 N–H and O–H groups in total. The van der Waals surface area contributed by atoms with E-state index in [4.69, 9.17) is 14.2 Å². The predicted octanol–water partition coefficient (Wildman–Crippen LogP) is 6.00. The summed E-state index contributed by atoms with van der Waals surface area (Å²) in [5.74, 6) is 1.49. The first kappa shape index (κ1) is 21.7. The lowest BCUT2D eigenvalue weighted by molar-refractivity contribution is 0.102. The van der Waals surface area contributed by atoms with Crippen LogP contribution in [0.5, 0.6) is 17.2 Å². The van der Waals surface area contributed by atoms with Crippen LogP contribution in [0.2, 0.25) is 0 Å². The van der Waals surface area contributed by atoms with Crippen molar-refractivity contribution in [1.29, 1.82) is 0 Å². The van der Waals surface area contributed by atoms with Crippen LogP contribution in [0.1, 0.15) is 28.4 Å². The zero-order valence-electron chi connectivity index (χ0n) is 17.2. The number of halogens is 1. The Morgan fingerprint density at radius 1 is 1.03 bits per heavy atom. The van der Waals surface area contributed by atoms with Gasteiger partial charge in [0.25, 0.3) is 5.91 Å². The normalized spacial score (nSPS) is 10.4. The second-order valence-electron chi connectivity index (χ2n) is 6.68. The molecule has 156 valence electrons. The molecule has 0 bridgehead atoms. The zero-order chi connectivity index (χ0) is 21.5. The number of nitrogens with one attached hydrogen (secondary N) is 1. The summed E-state index contributed by atoms with van der Waals surface area (Å²) in [7, 11) is 1.59. The molecule has 6 heteroatoms. The van der Waals surface area contributed by atoms with E-state index in [1.54, 1.807) is 31.4 Å². The Hall–Kier alpha value is -2.99. The van der Waals surface area contributed by atoms with Gasteiger partial charge in [0.2, 0.25) is 0 Å². The number of carbonyl (C=O) groups excluding carboxylic acids is 1. The number of benzene rings is 3. The van der Waals surface area contributed by atoms with Crippen molar-refractivity contribution < 1.29 is 19.0 Å². The third-order valence-electron chi connectivity index (χ3n) is 4.40. The van der Waals surface area contributed by atoms with Gasteiger partial charge in [0, 0.05) is 17.3 Å². The van der Waals surface area contributed by atoms with Crippen LogP contribution in [0.3, 0.4) is 0 Å². The molecule has 0 aliphatic heterocycles. The van der Waals surface area contributed by atoms with Crippen LogP contribution in [0.4, 0.5) is 5.69 Å². The maximum atomic E-state index is 12.8. The van der Waals surface area contributed by atoms with Gasteiger partial charge in [-0.3, -0.25) is 4.79 Å². The van der Waals surface area contributed by atoms with Crippen molar-refractivity contribution in [2.24, 2.45) is 0 Å². The van der Waals surface area contributed by atoms with Gasteiger partial charge in [-0.15, -0.1) is 0 Å². The number of anilines is 1. The predicted molar refractivity (Wildman–Crippen MR) is 122 cm³/mol. The molecule has 0 heterocycles. The van der Waals surface area contributed by atoms with E-state index in [2.05, 4.69) is 21.2 Å². The Morgan fingerprint density at radius 3 is 2.50 bits per heavy atom. The number of ether oxygens (including phenoxy) is 3. The average Bonchev–Trinajstić information content (AvgIpc) is 2.74. The van der Waals surface area contributed by atoms with Crippen LogP contribution in [0.25, 0.3) is 0 Å². The molecular weight excluding hydrogens is 446 g/mol. The van der Waals surface area contributed by atoms with Crippen molar-refractivity contribution in [3.05, 3.63) is 81.8 Å². The van der Waals surface area contributed by atoms with Crippen molar-refractivity contribution in [3.63, 3.8) is 0 Å². The maximum absolute atomic E-state index is 12.8. The van der Waals surface area contributed by atoms with E-state index in [1.807, 2.05) is 50.2 Å². The van der Waals surface area contributed by atoms with Gasteiger partial charge in [0.1, 0.15) is 12.4 Å². The minimum Gasteiger partial charge on any atom is -0.497 e. The molecule has 3 aromatic carbocycles. The van der Waals surface area contributed by atoms with Crippen LogP contribution in [0, 0.1) is 6.92 Å². The summed E-state index contributed by atoms with van der Waals surface area (Å²) in [4.78, 5) is 12.8. The first-order chi connectivity index (χ1) is 14.5. The molecule has 0 aliphatic carbocycles. The molecule has 0 radical (unpaired) electrons. The SMILES string of the molecule is CCOc1cc(C(=O)Nc2cccc(OC)c2)cc(Br)c1OCc1ccc(C)cc1. The quantitative estimate of drug-likeness (QED) is 0.439. The molecule has 0 spiro atoms. The maximum Gasteiger partial charge on any atom is 0.255 e. The average molecular weight is 470 g/mol. The Bertz CT molecular complexity index is 1020. The molecule has 1 amide bonds. The van der Waals surface area contributed by atoms with Gasteiger partial charge < -0.3 is 19.5 Å². The Kier molecular flexibility index (Phi) is 7.36. The molecule has 3 rings (SSSR count). The van der Waals surface area contributed by atoms with Gasteiger partial charge in [-0.2, -0.15) is 0 Å². The highest BCUT2D eigenvalue weighted by atomic mass is 79.9. The summed E-state index contributed by atoms with van der Waals surface area (Å²) in [6.07, 6.45) is 0. The Labute approximate surface area is 185 Å². The lowest BCUT2D eigenvalue weighted by Gasteiger charge is -2.16. The molecule has 0 atom stereocenters. The number of methoxy groups -OCH3 is 1. The molecular formula is C24H24BrNO4. The van der Waals surface area contributed by atoms with Crippen molar-refractivity contribution in [2.45, 2.75) is 20.5 Å². The fraction of sp³-hybridized carbons (Fsp3) is 0.208. The van der Waals surface area contributed by atoms with Gasteiger partial charge in [0.05, 0.1) is 18.2 Å². The minimum absolute atomic E-state index is 0.255. The first-order valence-corrected chi connectivity index (χ1v) is 10.4. The molecule has 30 heavy (non-hydrogen) atoms. The lowest BCUT2D eigenvalue weighted by atomic mass is 10.1. The minimum atomic E-state index is -0.255. The van der Waals surface area contributed by atoms with Crippen LogP contribution in [-0.4, -0.2) is 19.6 Å². The van der Waals surface area contributed by atoms with Gasteiger partial charge in [-0.25, -0.2) is 0 Å². The molecule has 5 nitrogen and oxygen atoms in total. The molecule has 3 aromatic rings. The summed E-state index contributed by atoms with van der Waals surface area (Å²) in [6.45, 7) is 4.78. The summed E-state index contributed by atoms with van der Waals surface area (Å²) >= 11 is 3.52. The second-order valence-corrected chi connectivity index (χ2v) is 7.53. The van der Waals surface area contributed by atoms with Crippen LogP contribution < -0.4 is 19.5 Å². The third kappa shape index (κ3) is 5.54. The van der Waals surface area contributed by atoms with Gasteiger partial charge >= 0.3 is 0 Å². The van der Waals surface area contributed by atoms with Gasteiger partial charge in [-0.05, 0) is 59.6 Å². The van der Waals surface area contributed by atoms with Crippen molar-refractivity contribution in [2.75, 3.05) is 19.0 Å². The number of aryl methyl sites for hydroxylation is 1. The van der Waals surface area contributed by atoms with Crippen LogP contribution >= 0.6 is 15.9 Å². The largest absolute Gasteiger partial charge is 0.497 e. The van der Waals surface area contributed by atoms with Gasteiger partial charge in [0.15, 0.2) is 11.5 Å². The second kappa shape index (κ2) is 10.2. The fourth-order valence-electron chi connectivity index (χ4n) is 2.85. The van der Waals surface area contributed by atoms with Gasteiger partial charge in [-0.1, -0.05) is 35.9 Å². The van der Waals surface area contributed by atoms with E-state index >= 15 is 0 Å². The highest BCUT2D eigenvalue weighted by Gasteiger charge is 2.17. The highest BCUT2D eigenvalue weighted by Crippen LogP contribution is 2.37. The van der Waals surface area contributed by atoms with Crippen molar-refractivity contribution in [1.82, 2.24) is 0 Å². The number of amides is 1. The number of carbonyl (C=O) groups is 1. The summed E-state index contributed by atoms with van der Waals surface area (Å²) in [5.41, 5.74) is 3.35. The topological polar surface area (TPSA) is 56.8 Å². The van der Waals surface area contributed by atoms with E-state index < -0.39 is 0 Å². The molecule has 0 saturated carbocycles. The molecule has 0 aromatic heterocycles.